The maximum atomic E-state index is 11.9. The number of allylic oxidation sites excluding steroid dienone is 1. The topological polar surface area (TPSA) is 66.9 Å². The van der Waals surface area contributed by atoms with Gasteiger partial charge in [-0.2, -0.15) is 0 Å². The highest BCUT2D eigenvalue weighted by Crippen LogP contribution is 2.19. The molecule has 0 saturated heterocycles. The van der Waals surface area contributed by atoms with Crippen LogP contribution in [-0.4, -0.2) is 29.0 Å². The molecule has 5 heteroatoms. The number of hydrogen-bond donors (Lipinski definition) is 2. The van der Waals surface area contributed by atoms with Gasteiger partial charge < -0.3 is 10.6 Å². The lowest BCUT2D eigenvalue weighted by molar-refractivity contribution is 0.0947. The van der Waals surface area contributed by atoms with Gasteiger partial charge in [-0.25, -0.2) is 9.97 Å². The molecule has 0 fully saturated rings. The van der Waals surface area contributed by atoms with Crippen LogP contribution in [-0.2, 0) is 0 Å². The Morgan fingerprint density at radius 3 is 2.78 bits per heavy atom. The Bertz CT molecular complexity index is 510. The maximum Gasteiger partial charge on any atom is 0.271 e. The van der Waals surface area contributed by atoms with Crippen molar-refractivity contribution in [2.45, 2.75) is 58.3 Å². The molecule has 0 bridgehead atoms. The van der Waals surface area contributed by atoms with Crippen molar-refractivity contribution in [3.8, 4) is 0 Å². The van der Waals surface area contributed by atoms with Crippen LogP contribution in [0.2, 0.25) is 0 Å². The van der Waals surface area contributed by atoms with E-state index in [0.717, 1.165) is 38.0 Å². The molecule has 1 amide bonds. The van der Waals surface area contributed by atoms with Gasteiger partial charge in [-0.1, -0.05) is 31.4 Å². The Balaban J connectivity index is 1.71. The smallest absolute Gasteiger partial charge is 0.271 e. The number of hydrogen-bond acceptors (Lipinski definition) is 4. The number of rotatable bonds is 9. The third-order valence-electron chi connectivity index (χ3n) is 4.09. The molecule has 5 nitrogen and oxygen atoms in total. The summed E-state index contributed by atoms with van der Waals surface area (Å²) in [6.07, 6.45) is 15.0. The van der Waals surface area contributed by atoms with Gasteiger partial charge in [0.1, 0.15) is 11.5 Å². The second-order valence-corrected chi connectivity index (χ2v) is 6.03. The highest BCUT2D eigenvalue weighted by molar-refractivity contribution is 5.91. The van der Waals surface area contributed by atoms with Crippen molar-refractivity contribution in [2.75, 3.05) is 18.4 Å². The number of nitrogens with one attached hydrogen (secondary N) is 2. The van der Waals surface area contributed by atoms with Crippen LogP contribution in [0.3, 0.4) is 0 Å². The standard InChI is InChI=1S/C18H28N4O/c1-2-3-7-11-20-18(23)16-13-22-17(14-21-16)19-12-10-15-8-5-4-6-9-15/h8,13-14H,2-7,9-12H2,1H3,(H,19,22)(H,20,23). The van der Waals surface area contributed by atoms with E-state index in [2.05, 4.69) is 33.6 Å². The number of amides is 1. The van der Waals surface area contributed by atoms with Gasteiger partial charge >= 0.3 is 0 Å². The second-order valence-electron chi connectivity index (χ2n) is 6.03. The summed E-state index contributed by atoms with van der Waals surface area (Å²) in [5.41, 5.74) is 1.92. The first-order valence-corrected chi connectivity index (χ1v) is 8.81. The highest BCUT2D eigenvalue weighted by atomic mass is 16.1. The monoisotopic (exact) mass is 316 g/mol. The normalized spacial score (nSPS) is 14.2. The number of anilines is 1. The van der Waals surface area contributed by atoms with E-state index >= 15 is 0 Å². The minimum absolute atomic E-state index is 0.146. The molecular weight excluding hydrogens is 288 g/mol. The van der Waals surface area contributed by atoms with Crippen molar-refractivity contribution >= 4 is 11.7 Å². The highest BCUT2D eigenvalue weighted by Gasteiger charge is 2.07. The van der Waals surface area contributed by atoms with Crippen LogP contribution in [0.5, 0.6) is 0 Å². The quantitative estimate of drug-likeness (QED) is 0.538. The van der Waals surface area contributed by atoms with E-state index in [1.165, 1.54) is 31.9 Å². The van der Waals surface area contributed by atoms with E-state index in [0.29, 0.717) is 12.2 Å². The molecule has 0 atom stereocenters. The maximum absolute atomic E-state index is 11.9. The average Bonchev–Trinajstić information content (AvgIpc) is 2.60. The van der Waals surface area contributed by atoms with Crippen LogP contribution in [0.15, 0.2) is 24.0 Å². The Morgan fingerprint density at radius 1 is 1.17 bits per heavy atom. The molecule has 1 aliphatic rings. The molecular formula is C18H28N4O. The molecule has 2 N–H and O–H groups in total. The lowest BCUT2D eigenvalue weighted by atomic mass is 9.97. The van der Waals surface area contributed by atoms with Crippen LogP contribution in [0.4, 0.5) is 5.82 Å². The Hall–Kier alpha value is -1.91. The lowest BCUT2D eigenvalue weighted by Gasteiger charge is -2.13. The Morgan fingerprint density at radius 2 is 2.09 bits per heavy atom. The van der Waals surface area contributed by atoms with E-state index in [1.807, 2.05) is 0 Å². The van der Waals surface area contributed by atoms with Crippen molar-refractivity contribution in [1.82, 2.24) is 15.3 Å². The van der Waals surface area contributed by atoms with Gasteiger partial charge in [0, 0.05) is 13.1 Å². The fourth-order valence-electron chi connectivity index (χ4n) is 2.69. The van der Waals surface area contributed by atoms with Crippen molar-refractivity contribution in [2.24, 2.45) is 0 Å². The Kier molecular flexibility index (Phi) is 7.57. The second kappa shape index (κ2) is 9.98. The predicted molar refractivity (Wildman–Crippen MR) is 93.5 cm³/mol. The summed E-state index contributed by atoms with van der Waals surface area (Å²) in [6, 6.07) is 0. The van der Waals surface area contributed by atoms with Crippen LogP contribution < -0.4 is 10.6 Å². The van der Waals surface area contributed by atoms with E-state index in [1.54, 1.807) is 11.8 Å². The van der Waals surface area contributed by atoms with Crippen molar-refractivity contribution in [1.29, 1.82) is 0 Å². The fraction of sp³-hybridized carbons (Fsp3) is 0.611. The van der Waals surface area contributed by atoms with Crippen molar-refractivity contribution in [3.05, 3.63) is 29.7 Å². The lowest BCUT2D eigenvalue weighted by Crippen LogP contribution is -2.25. The molecule has 0 aromatic carbocycles. The zero-order valence-corrected chi connectivity index (χ0v) is 14.1. The van der Waals surface area contributed by atoms with Gasteiger partial charge in [-0.05, 0) is 38.5 Å². The van der Waals surface area contributed by atoms with E-state index in [-0.39, 0.29) is 5.91 Å². The zero-order chi connectivity index (χ0) is 16.3. The van der Waals surface area contributed by atoms with Crippen LogP contribution in [0.25, 0.3) is 0 Å². The minimum Gasteiger partial charge on any atom is -0.368 e. The van der Waals surface area contributed by atoms with Gasteiger partial charge in [0.05, 0.1) is 12.4 Å². The first-order chi connectivity index (χ1) is 11.3. The average molecular weight is 316 g/mol. The Labute approximate surface area is 139 Å². The number of carbonyl (C=O) groups excluding carboxylic acids is 1. The summed E-state index contributed by atoms with van der Waals surface area (Å²) in [5, 5.41) is 6.14. The van der Waals surface area contributed by atoms with Gasteiger partial charge in [-0.3, -0.25) is 4.79 Å². The van der Waals surface area contributed by atoms with Crippen LogP contribution >= 0.6 is 0 Å². The molecule has 1 aromatic heterocycles. The summed E-state index contributed by atoms with van der Waals surface area (Å²) >= 11 is 0. The predicted octanol–water partition coefficient (Wildman–Crippen LogP) is 3.70. The van der Waals surface area contributed by atoms with Gasteiger partial charge in [0.15, 0.2) is 0 Å². The fourth-order valence-corrected chi connectivity index (χ4v) is 2.69. The van der Waals surface area contributed by atoms with E-state index in [9.17, 15) is 4.79 Å². The number of aromatic nitrogens is 2. The van der Waals surface area contributed by atoms with E-state index < -0.39 is 0 Å². The molecule has 2 rings (SSSR count). The summed E-state index contributed by atoms with van der Waals surface area (Å²) in [5.74, 6) is 0.580. The first-order valence-electron chi connectivity index (χ1n) is 8.81. The summed E-state index contributed by atoms with van der Waals surface area (Å²) in [6.45, 7) is 3.70. The van der Waals surface area contributed by atoms with Crippen molar-refractivity contribution < 1.29 is 4.79 Å². The molecule has 0 radical (unpaired) electrons. The first kappa shape index (κ1) is 17.4. The molecule has 0 spiro atoms. The minimum atomic E-state index is -0.146. The third kappa shape index (κ3) is 6.38. The number of unbranched alkanes of at least 4 members (excludes halogenated alkanes) is 2. The molecule has 0 aliphatic heterocycles. The van der Waals surface area contributed by atoms with Gasteiger partial charge in [0.2, 0.25) is 0 Å². The van der Waals surface area contributed by atoms with Crippen LogP contribution in [0.1, 0.15) is 68.8 Å². The van der Waals surface area contributed by atoms with Gasteiger partial charge in [0.25, 0.3) is 5.91 Å². The molecule has 1 aromatic rings. The summed E-state index contributed by atoms with van der Waals surface area (Å²) in [4.78, 5) is 20.4. The molecule has 1 heterocycles. The van der Waals surface area contributed by atoms with Crippen LogP contribution in [0, 0.1) is 0 Å². The SMILES string of the molecule is CCCCCNC(=O)c1cnc(NCCC2=CCCCC2)cn1. The number of carbonyl (C=O) groups is 1. The van der Waals surface area contributed by atoms with Gasteiger partial charge in [-0.15, -0.1) is 0 Å². The van der Waals surface area contributed by atoms with Crippen molar-refractivity contribution in [3.63, 3.8) is 0 Å². The molecule has 0 saturated carbocycles. The molecule has 1 aliphatic carbocycles. The zero-order valence-electron chi connectivity index (χ0n) is 14.1. The summed E-state index contributed by atoms with van der Waals surface area (Å²) in [7, 11) is 0. The largest absolute Gasteiger partial charge is 0.368 e. The molecule has 0 unspecified atom stereocenters. The summed E-state index contributed by atoms with van der Waals surface area (Å²) < 4.78 is 0. The third-order valence-corrected chi connectivity index (χ3v) is 4.09. The molecule has 126 valence electrons. The van der Waals surface area contributed by atoms with E-state index in [4.69, 9.17) is 0 Å². The number of nitrogens with zero attached hydrogens (tertiary/aromatic N) is 2. The molecule has 23 heavy (non-hydrogen) atoms.